The molecule has 1 aliphatic heterocycles. The average molecular weight is 298 g/mol. The van der Waals surface area contributed by atoms with Crippen LogP contribution in [0.15, 0.2) is 18.2 Å². The summed E-state index contributed by atoms with van der Waals surface area (Å²) in [6, 6.07) is 5.66. The molecule has 2 amide bonds. The molecule has 20 heavy (non-hydrogen) atoms. The van der Waals surface area contributed by atoms with Crippen molar-refractivity contribution in [2.75, 3.05) is 6.54 Å². The number of halogens is 1. The summed E-state index contributed by atoms with van der Waals surface area (Å²) in [5.41, 5.74) is 7.53. The molecule has 1 aromatic carbocycles. The smallest absolute Gasteiger partial charge is 0.251 e. The van der Waals surface area contributed by atoms with Gasteiger partial charge >= 0.3 is 0 Å². The van der Waals surface area contributed by atoms with Crippen LogP contribution in [0.25, 0.3) is 0 Å². The number of hydrogen-bond acceptors (Lipinski definition) is 3. The monoisotopic (exact) mass is 297 g/mol. The van der Waals surface area contributed by atoms with Gasteiger partial charge in [0.25, 0.3) is 5.91 Å². The molecular formula is C14H20ClN3O2. The summed E-state index contributed by atoms with van der Waals surface area (Å²) in [7, 11) is 0. The molecule has 1 heterocycles. The van der Waals surface area contributed by atoms with E-state index in [2.05, 4.69) is 10.6 Å². The maximum absolute atomic E-state index is 12.0. The molecule has 2 rings (SSSR count). The van der Waals surface area contributed by atoms with Crippen LogP contribution in [-0.4, -0.2) is 18.4 Å². The van der Waals surface area contributed by atoms with E-state index in [4.69, 9.17) is 5.73 Å². The Labute approximate surface area is 124 Å². The molecule has 0 spiro atoms. The maximum Gasteiger partial charge on any atom is 0.251 e. The zero-order valence-corrected chi connectivity index (χ0v) is 12.5. The van der Waals surface area contributed by atoms with Crippen LogP contribution in [0.4, 0.5) is 0 Å². The van der Waals surface area contributed by atoms with Crippen LogP contribution < -0.4 is 16.4 Å². The largest absolute Gasteiger partial charge is 0.369 e. The van der Waals surface area contributed by atoms with Crippen LogP contribution in [0.1, 0.15) is 35.3 Å². The molecule has 0 fully saturated rings. The standard InChI is InChI=1S/C14H19N3O2.ClH/c1-14(2,13(15)19)8-17-12(18)9-3-4-10-6-16-7-11(10)5-9;/h3-5,16H,6-8H2,1-2H3,(H2,15,19)(H,17,18);1H. The number of amides is 2. The van der Waals surface area contributed by atoms with Crippen molar-refractivity contribution in [3.05, 3.63) is 34.9 Å². The van der Waals surface area contributed by atoms with E-state index in [0.717, 1.165) is 18.7 Å². The topological polar surface area (TPSA) is 84.2 Å². The minimum absolute atomic E-state index is 0. The van der Waals surface area contributed by atoms with Crippen molar-refractivity contribution in [2.45, 2.75) is 26.9 Å². The van der Waals surface area contributed by atoms with Gasteiger partial charge in [-0.25, -0.2) is 0 Å². The van der Waals surface area contributed by atoms with Crippen LogP contribution in [0, 0.1) is 5.41 Å². The van der Waals surface area contributed by atoms with E-state index in [0.29, 0.717) is 5.56 Å². The quantitative estimate of drug-likeness (QED) is 0.774. The Morgan fingerprint density at radius 2 is 1.95 bits per heavy atom. The number of rotatable bonds is 4. The first kappa shape index (κ1) is 16.5. The lowest BCUT2D eigenvalue weighted by Crippen LogP contribution is -2.42. The summed E-state index contributed by atoms with van der Waals surface area (Å²) in [6.45, 7) is 5.30. The van der Waals surface area contributed by atoms with Crippen molar-refractivity contribution in [1.29, 1.82) is 0 Å². The van der Waals surface area contributed by atoms with E-state index in [1.54, 1.807) is 19.9 Å². The predicted octanol–water partition coefficient (Wildman–Crippen LogP) is 0.953. The molecule has 6 heteroatoms. The number of carbonyl (C=O) groups excluding carboxylic acids is 2. The van der Waals surface area contributed by atoms with Crippen molar-refractivity contribution in [1.82, 2.24) is 10.6 Å². The fourth-order valence-corrected chi connectivity index (χ4v) is 1.93. The van der Waals surface area contributed by atoms with Crippen molar-refractivity contribution in [3.63, 3.8) is 0 Å². The number of hydrogen-bond donors (Lipinski definition) is 3. The molecule has 0 unspecified atom stereocenters. The van der Waals surface area contributed by atoms with Gasteiger partial charge in [0, 0.05) is 25.2 Å². The van der Waals surface area contributed by atoms with E-state index in [9.17, 15) is 9.59 Å². The molecule has 110 valence electrons. The summed E-state index contributed by atoms with van der Waals surface area (Å²) >= 11 is 0. The van der Waals surface area contributed by atoms with Crippen molar-refractivity contribution in [3.8, 4) is 0 Å². The predicted molar refractivity (Wildman–Crippen MR) is 79.5 cm³/mol. The molecule has 1 aliphatic rings. The van der Waals surface area contributed by atoms with Crippen LogP contribution >= 0.6 is 12.4 Å². The van der Waals surface area contributed by atoms with Gasteiger partial charge in [-0.1, -0.05) is 6.07 Å². The number of fused-ring (bicyclic) bond motifs is 1. The first-order valence-electron chi connectivity index (χ1n) is 6.31. The van der Waals surface area contributed by atoms with Gasteiger partial charge in [-0.15, -0.1) is 12.4 Å². The first-order valence-corrected chi connectivity index (χ1v) is 6.31. The summed E-state index contributed by atoms with van der Waals surface area (Å²) < 4.78 is 0. The Morgan fingerprint density at radius 1 is 1.30 bits per heavy atom. The van der Waals surface area contributed by atoms with Gasteiger partial charge in [0.05, 0.1) is 5.41 Å². The van der Waals surface area contributed by atoms with Gasteiger partial charge in [0.2, 0.25) is 5.91 Å². The van der Waals surface area contributed by atoms with E-state index < -0.39 is 11.3 Å². The highest BCUT2D eigenvalue weighted by Crippen LogP contribution is 2.17. The second kappa shape index (κ2) is 6.24. The Kier molecular flexibility index (Phi) is 5.14. The molecule has 0 saturated carbocycles. The molecule has 5 nitrogen and oxygen atoms in total. The molecule has 0 radical (unpaired) electrons. The van der Waals surface area contributed by atoms with E-state index in [-0.39, 0.29) is 24.9 Å². The lowest BCUT2D eigenvalue weighted by atomic mass is 9.92. The fourth-order valence-electron chi connectivity index (χ4n) is 1.93. The van der Waals surface area contributed by atoms with Crippen LogP contribution in [0.3, 0.4) is 0 Å². The normalized spacial score (nSPS) is 13.3. The second-order valence-corrected chi connectivity index (χ2v) is 5.52. The van der Waals surface area contributed by atoms with Gasteiger partial charge in [-0.3, -0.25) is 9.59 Å². The molecule has 0 aliphatic carbocycles. The van der Waals surface area contributed by atoms with E-state index in [1.807, 2.05) is 12.1 Å². The van der Waals surface area contributed by atoms with Crippen LogP contribution in [-0.2, 0) is 17.9 Å². The lowest BCUT2D eigenvalue weighted by molar-refractivity contribution is -0.125. The number of nitrogens with two attached hydrogens (primary N) is 1. The highest BCUT2D eigenvalue weighted by molar-refractivity contribution is 5.95. The van der Waals surface area contributed by atoms with E-state index >= 15 is 0 Å². The maximum atomic E-state index is 12.0. The Hall–Kier alpha value is -1.59. The van der Waals surface area contributed by atoms with Crippen molar-refractivity contribution in [2.24, 2.45) is 11.1 Å². The molecular weight excluding hydrogens is 278 g/mol. The SMILES string of the molecule is CC(C)(CNC(=O)c1ccc2c(c1)CNC2)C(N)=O.Cl. The van der Waals surface area contributed by atoms with Gasteiger partial charge in [0.1, 0.15) is 0 Å². The molecule has 0 atom stereocenters. The summed E-state index contributed by atoms with van der Waals surface area (Å²) in [5, 5.41) is 5.98. The Bertz CT molecular complexity index is 529. The molecule has 4 N–H and O–H groups in total. The van der Waals surface area contributed by atoms with Crippen molar-refractivity contribution < 1.29 is 9.59 Å². The van der Waals surface area contributed by atoms with Gasteiger partial charge in [-0.05, 0) is 37.1 Å². The third kappa shape index (κ3) is 3.49. The van der Waals surface area contributed by atoms with Crippen LogP contribution in [0.5, 0.6) is 0 Å². The minimum Gasteiger partial charge on any atom is -0.369 e. The van der Waals surface area contributed by atoms with Gasteiger partial charge in [-0.2, -0.15) is 0 Å². The zero-order chi connectivity index (χ0) is 14.0. The Morgan fingerprint density at radius 3 is 2.60 bits per heavy atom. The van der Waals surface area contributed by atoms with Crippen molar-refractivity contribution >= 4 is 24.2 Å². The van der Waals surface area contributed by atoms with Gasteiger partial charge < -0.3 is 16.4 Å². The number of carbonyl (C=O) groups is 2. The number of primary amides is 1. The molecule has 1 aromatic rings. The summed E-state index contributed by atoms with van der Waals surface area (Å²) in [5.74, 6) is -0.602. The third-order valence-electron chi connectivity index (χ3n) is 3.46. The third-order valence-corrected chi connectivity index (χ3v) is 3.46. The fraction of sp³-hybridized carbons (Fsp3) is 0.429. The molecule has 0 aromatic heterocycles. The minimum atomic E-state index is -0.742. The zero-order valence-electron chi connectivity index (χ0n) is 11.7. The molecule has 0 bridgehead atoms. The second-order valence-electron chi connectivity index (χ2n) is 5.52. The summed E-state index contributed by atoms with van der Waals surface area (Å²) in [6.07, 6.45) is 0. The van der Waals surface area contributed by atoms with Gasteiger partial charge in [0.15, 0.2) is 0 Å². The molecule has 0 saturated heterocycles. The van der Waals surface area contributed by atoms with Crippen LogP contribution in [0.2, 0.25) is 0 Å². The lowest BCUT2D eigenvalue weighted by Gasteiger charge is -2.20. The summed E-state index contributed by atoms with van der Waals surface area (Å²) in [4.78, 5) is 23.2. The number of nitrogens with one attached hydrogen (secondary N) is 2. The van der Waals surface area contributed by atoms with E-state index in [1.165, 1.54) is 5.56 Å². The highest BCUT2D eigenvalue weighted by Gasteiger charge is 2.25. The number of benzene rings is 1. The average Bonchev–Trinajstić information content (AvgIpc) is 2.82. The Balaban J connectivity index is 0.00000200. The highest BCUT2D eigenvalue weighted by atomic mass is 35.5. The first-order chi connectivity index (χ1) is 8.90.